The summed E-state index contributed by atoms with van der Waals surface area (Å²) < 4.78 is 0. The minimum Gasteiger partial charge on any atom is -0.256 e. The third-order valence-corrected chi connectivity index (χ3v) is 2.65. The average molecular weight is 184 g/mol. The van der Waals surface area contributed by atoms with E-state index in [-0.39, 0.29) is 5.92 Å². The molecular weight excluding hydrogens is 172 g/mol. The molecule has 2 heteroatoms. The molecule has 70 valence electrons. The van der Waals surface area contributed by atoms with Crippen LogP contribution in [0.1, 0.15) is 35.6 Å². The van der Waals surface area contributed by atoms with Gasteiger partial charge in [0.25, 0.3) is 0 Å². The number of rotatable bonds is 0. The van der Waals surface area contributed by atoms with Gasteiger partial charge in [-0.1, -0.05) is 12.6 Å². The zero-order chi connectivity index (χ0) is 10.1. The summed E-state index contributed by atoms with van der Waals surface area (Å²) in [5.41, 5.74) is 4.17. The lowest BCUT2D eigenvalue weighted by molar-refractivity contribution is 0.733. The van der Waals surface area contributed by atoms with Crippen molar-refractivity contribution in [2.75, 3.05) is 0 Å². The van der Waals surface area contributed by atoms with Gasteiger partial charge in [0.15, 0.2) is 0 Å². The number of hydrogen-bond donors (Lipinski definition) is 0. The van der Waals surface area contributed by atoms with Crippen molar-refractivity contribution < 1.29 is 0 Å². The lowest BCUT2D eigenvalue weighted by Crippen LogP contribution is -2.09. The first-order chi connectivity index (χ1) is 6.72. The Morgan fingerprint density at radius 3 is 3.14 bits per heavy atom. The van der Waals surface area contributed by atoms with Gasteiger partial charge in [-0.3, -0.25) is 4.98 Å². The fourth-order valence-electron chi connectivity index (χ4n) is 1.88. The number of aromatic nitrogens is 1. The van der Waals surface area contributed by atoms with Gasteiger partial charge in [0.2, 0.25) is 0 Å². The maximum absolute atomic E-state index is 9.01. The summed E-state index contributed by atoms with van der Waals surface area (Å²) in [6, 6.07) is 4.38. The van der Waals surface area contributed by atoms with Crippen molar-refractivity contribution >= 4 is 5.57 Å². The van der Waals surface area contributed by atoms with Crippen LogP contribution in [-0.4, -0.2) is 4.98 Å². The fraction of sp³-hybridized carbons (Fsp3) is 0.333. The molecule has 1 unspecified atom stereocenters. The Balaban J connectivity index is 2.58. The van der Waals surface area contributed by atoms with Crippen LogP contribution in [0.4, 0.5) is 0 Å². The molecule has 0 aliphatic heterocycles. The minimum atomic E-state index is 0.00269. The molecule has 0 radical (unpaired) electrons. The molecule has 0 N–H and O–H groups in total. The lowest BCUT2D eigenvalue weighted by Gasteiger charge is -2.21. The predicted octanol–water partition coefficient (Wildman–Crippen LogP) is 2.80. The number of allylic oxidation sites excluding steroid dienone is 1. The molecule has 0 bridgehead atoms. The van der Waals surface area contributed by atoms with Crippen molar-refractivity contribution in [2.45, 2.75) is 25.7 Å². The molecule has 1 atom stereocenters. The van der Waals surface area contributed by atoms with Gasteiger partial charge < -0.3 is 0 Å². The van der Waals surface area contributed by atoms with Crippen molar-refractivity contribution in [3.63, 3.8) is 0 Å². The Hall–Kier alpha value is -1.62. The quantitative estimate of drug-likeness (QED) is 0.621. The Morgan fingerprint density at radius 1 is 1.64 bits per heavy atom. The normalized spacial score (nSPS) is 20.0. The molecule has 0 saturated heterocycles. The predicted molar refractivity (Wildman–Crippen MR) is 55.6 cm³/mol. The van der Waals surface area contributed by atoms with Gasteiger partial charge in [-0.05, 0) is 36.5 Å². The van der Waals surface area contributed by atoms with E-state index in [1.165, 1.54) is 0 Å². The summed E-state index contributed by atoms with van der Waals surface area (Å²) >= 11 is 0. The second kappa shape index (κ2) is 3.26. The smallest absolute Gasteiger partial charge is 0.0737 e. The van der Waals surface area contributed by atoms with Crippen LogP contribution < -0.4 is 0 Å². The van der Waals surface area contributed by atoms with Crippen LogP contribution in [0, 0.1) is 18.3 Å². The molecule has 14 heavy (non-hydrogen) atoms. The summed E-state index contributed by atoms with van der Waals surface area (Å²) in [5, 5.41) is 9.01. The summed E-state index contributed by atoms with van der Waals surface area (Å²) in [7, 11) is 0. The van der Waals surface area contributed by atoms with Crippen molar-refractivity contribution in [2.24, 2.45) is 0 Å². The Labute approximate surface area is 83.9 Å². The fourth-order valence-corrected chi connectivity index (χ4v) is 1.88. The number of aryl methyl sites for hydroxylation is 1. The van der Waals surface area contributed by atoms with Gasteiger partial charge in [-0.25, -0.2) is 0 Å². The van der Waals surface area contributed by atoms with Crippen LogP contribution in [0.2, 0.25) is 0 Å². The Morgan fingerprint density at radius 2 is 2.43 bits per heavy atom. The minimum absolute atomic E-state index is 0.00269. The van der Waals surface area contributed by atoms with E-state index in [0.29, 0.717) is 0 Å². The van der Waals surface area contributed by atoms with Gasteiger partial charge in [0.1, 0.15) is 0 Å². The SMILES string of the molecule is C=C1CCC(C#N)c2cc(C)cnc21. The highest BCUT2D eigenvalue weighted by Crippen LogP contribution is 2.35. The number of pyridine rings is 1. The molecule has 0 amide bonds. The average Bonchev–Trinajstić information content (AvgIpc) is 2.18. The largest absolute Gasteiger partial charge is 0.256 e. The van der Waals surface area contributed by atoms with E-state index in [1.54, 1.807) is 0 Å². The Bertz CT molecular complexity index is 426. The van der Waals surface area contributed by atoms with E-state index in [9.17, 15) is 0 Å². The van der Waals surface area contributed by atoms with Crippen LogP contribution in [-0.2, 0) is 0 Å². The van der Waals surface area contributed by atoms with E-state index in [4.69, 9.17) is 5.26 Å². The second-order valence-electron chi connectivity index (χ2n) is 3.77. The third-order valence-electron chi connectivity index (χ3n) is 2.65. The molecule has 1 heterocycles. The topological polar surface area (TPSA) is 36.7 Å². The van der Waals surface area contributed by atoms with E-state index >= 15 is 0 Å². The number of nitriles is 1. The molecule has 2 rings (SSSR count). The monoisotopic (exact) mass is 184 g/mol. The van der Waals surface area contributed by atoms with Crippen molar-refractivity contribution in [1.29, 1.82) is 5.26 Å². The molecule has 0 aromatic carbocycles. The second-order valence-corrected chi connectivity index (χ2v) is 3.77. The number of hydrogen-bond acceptors (Lipinski definition) is 2. The Kier molecular flexibility index (Phi) is 2.09. The first-order valence-electron chi connectivity index (χ1n) is 4.76. The van der Waals surface area contributed by atoms with Crippen molar-refractivity contribution in [1.82, 2.24) is 4.98 Å². The molecule has 0 saturated carbocycles. The highest BCUT2D eigenvalue weighted by atomic mass is 14.7. The van der Waals surface area contributed by atoms with Gasteiger partial charge in [-0.2, -0.15) is 5.26 Å². The molecule has 2 nitrogen and oxygen atoms in total. The number of fused-ring (bicyclic) bond motifs is 1. The molecule has 1 aromatic rings. The summed E-state index contributed by atoms with van der Waals surface area (Å²) in [5.74, 6) is 0.00269. The summed E-state index contributed by atoms with van der Waals surface area (Å²) in [6.07, 6.45) is 3.61. The van der Waals surface area contributed by atoms with Crippen LogP contribution in [0.3, 0.4) is 0 Å². The van der Waals surface area contributed by atoms with Crippen molar-refractivity contribution in [3.05, 3.63) is 35.7 Å². The van der Waals surface area contributed by atoms with E-state index in [2.05, 4.69) is 23.7 Å². The maximum Gasteiger partial charge on any atom is 0.0737 e. The molecular formula is C12H12N2. The first-order valence-corrected chi connectivity index (χ1v) is 4.76. The highest BCUT2D eigenvalue weighted by Gasteiger charge is 2.22. The van der Waals surface area contributed by atoms with E-state index in [0.717, 1.165) is 35.2 Å². The van der Waals surface area contributed by atoms with E-state index < -0.39 is 0 Å². The zero-order valence-corrected chi connectivity index (χ0v) is 8.25. The van der Waals surface area contributed by atoms with Gasteiger partial charge >= 0.3 is 0 Å². The number of nitrogens with zero attached hydrogens (tertiary/aromatic N) is 2. The summed E-state index contributed by atoms with van der Waals surface area (Å²) in [4.78, 5) is 4.35. The molecule has 1 aliphatic carbocycles. The van der Waals surface area contributed by atoms with E-state index in [1.807, 2.05) is 13.1 Å². The van der Waals surface area contributed by atoms with Gasteiger partial charge in [0.05, 0.1) is 17.7 Å². The molecule has 0 spiro atoms. The van der Waals surface area contributed by atoms with Crippen LogP contribution in [0.15, 0.2) is 18.8 Å². The first kappa shape index (κ1) is 8.96. The molecule has 1 aliphatic rings. The zero-order valence-electron chi connectivity index (χ0n) is 8.25. The van der Waals surface area contributed by atoms with Crippen LogP contribution >= 0.6 is 0 Å². The van der Waals surface area contributed by atoms with Crippen LogP contribution in [0.25, 0.3) is 5.57 Å². The van der Waals surface area contributed by atoms with Crippen LogP contribution in [0.5, 0.6) is 0 Å². The van der Waals surface area contributed by atoms with Gasteiger partial charge in [0, 0.05) is 6.20 Å². The highest BCUT2D eigenvalue weighted by molar-refractivity contribution is 5.66. The third kappa shape index (κ3) is 1.31. The van der Waals surface area contributed by atoms with Crippen molar-refractivity contribution in [3.8, 4) is 6.07 Å². The molecule has 1 aromatic heterocycles. The standard InChI is InChI=1S/C12H12N2/c1-8-5-11-10(6-13)4-3-9(2)12(11)14-7-8/h5,7,10H,2-4H2,1H3. The maximum atomic E-state index is 9.01. The van der Waals surface area contributed by atoms with Gasteiger partial charge in [-0.15, -0.1) is 0 Å². The summed E-state index contributed by atoms with van der Waals surface area (Å²) in [6.45, 7) is 5.98. The molecule has 0 fully saturated rings. The lowest BCUT2D eigenvalue weighted by atomic mass is 9.84.